The molecule has 0 N–H and O–H groups in total. The summed E-state index contributed by atoms with van der Waals surface area (Å²) in [5, 5.41) is 4.98. The monoisotopic (exact) mass is 840 g/mol. The predicted octanol–water partition coefficient (Wildman–Crippen LogP) is 17.7. The topological polar surface area (TPSA) is 8.17 Å². The van der Waals surface area contributed by atoms with Gasteiger partial charge in [-0.1, -0.05) is 212 Å². The van der Waals surface area contributed by atoms with Crippen LogP contribution in [0, 0.1) is 0 Å². The Morgan fingerprint density at radius 2 is 0.712 bits per heavy atom. The molecule has 0 aliphatic carbocycles. The number of hydrogen-bond donors (Lipinski definition) is 0. The molecule has 0 atom stereocenters. The molecule has 310 valence electrons. The van der Waals surface area contributed by atoms with Gasteiger partial charge in [-0.25, -0.2) is 0 Å². The molecule has 0 saturated heterocycles. The maximum Gasteiger partial charge on any atom is 0.0541 e. The first-order valence-electron chi connectivity index (χ1n) is 22.7. The zero-order valence-electron chi connectivity index (χ0n) is 36.3. The largest absolute Gasteiger partial charge is 0.309 e. The molecule has 0 bridgehead atoms. The first-order chi connectivity index (χ1) is 32.8. The van der Waals surface area contributed by atoms with Crippen LogP contribution >= 0.6 is 0 Å². The van der Waals surface area contributed by atoms with Crippen LogP contribution in [0.4, 0.5) is 17.1 Å². The molecule has 11 aromatic carbocycles. The Morgan fingerprint density at radius 1 is 0.258 bits per heavy atom. The third-order valence-electron chi connectivity index (χ3n) is 13.0. The van der Waals surface area contributed by atoms with E-state index < -0.39 is 0 Å². The van der Waals surface area contributed by atoms with Crippen molar-refractivity contribution in [2.45, 2.75) is 0 Å². The van der Waals surface area contributed by atoms with Gasteiger partial charge in [-0.15, -0.1) is 0 Å². The highest BCUT2D eigenvalue weighted by molar-refractivity contribution is 6.10. The highest BCUT2D eigenvalue weighted by Crippen LogP contribution is 2.47. The van der Waals surface area contributed by atoms with Crippen molar-refractivity contribution in [1.29, 1.82) is 0 Å². The van der Waals surface area contributed by atoms with Crippen molar-refractivity contribution in [3.8, 4) is 61.3 Å². The fourth-order valence-corrected chi connectivity index (χ4v) is 9.91. The zero-order valence-corrected chi connectivity index (χ0v) is 36.3. The molecule has 12 rings (SSSR count). The van der Waals surface area contributed by atoms with E-state index in [2.05, 4.69) is 276 Å². The second kappa shape index (κ2) is 16.8. The van der Waals surface area contributed by atoms with E-state index in [9.17, 15) is 0 Å². The maximum absolute atomic E-state index is 2.45. The van der Waals surface area contributed by atoms with Gasteiger partial charge < -0.3 is 9.47 Å². The molecule has 66 heavy (non-hydrogen) atoms. The van der Waals surface area contributed by atoms with Gasteiger partial charge in [-0.05, 0) is 104 Å². The molecule has 0 aliphatic rings. The first-order valence-corrected chi connectivity index (χ1v) is 22.7. The van der Waals surface area contributed by atoms with Crippen molar-refractivity contribution in [2.24, 2.45) is 0 Å². The highest BCUT2D eigenvalue weighted by Gasteiger charge is 2.23. The molecule has 0 spiro atoms. The number of anilines is 3. The van der Waals surface area contributed by atoms with Gasteiger partial charge in [0.25, 0.3) is 0 Å². The summed E-state index contributed by atoms with van der Waals surface area (Å²) in [6, 6.07) is 97.0. The van der Waals surface area contributed by atoms with E-state index in [0.717, 1.165) is 50.6 Å². The van der Waals surface area contributed by atoms with Crippen LogP contribution in [0.1, 0.15) is 0 Å². The number of aromatic nitrogens is 1. The van der Waals surface area contributed by atoms with Crippen molar-refractivity contribution in [1.82, 2.24) is 4.57 Å². The van der Waals surface area contributed by atoms with E-state index in [0.29, 0.717) is 0 Å². The number of nitrogens with zero attached hydrogens (tertiary/aromatic N) is 2. The Hall–Kier alpha value is -8.72. The van der Waals surface area contributed by atoms with Gasteiger partial charge in [0.1, 0.15) is 0 Å². The summed E-state index contributed by atoms with van der Waals surface area (Å²) in [7, 11) is 0. The minimum atomic E-state index is 1.07. The van der Waals surface area contributed by atoms with Crippen molar-refractivity contribution >= 4 is 49.6 Å². The van der Waals surface area contributed by atoms with E-state index >= 15 is 0 Å². The molecule has 2 heteroatoms. The third-order valence-corrected chi connectivity index (χ3v) is 13.0. The molecule has 12 aromatic rings. The minimum absolute atomic E-state index is 1.07. The smallest absolute Gasteiger partial charge is 0.0541 e. The highest BCUT2D eigenvalue weighted by atomic mass is 15.1. The van der Waals surface area contributed by atoms with Gasteiger partial charge in [0.05, 0.1) is 28.1 Å². The molecule has 0 saturated carbocycles. The van der Waals surface area contributed by atoms with E-state index in [1.807, 2.05) is 0 Å². The van der Waals surface area contributed by atoms with Crippen LogP contribution < -0.4 is 4.90 Å². The lowest BCUT2D eigenvalue weighted by atomic mass is 9.92. The van der Waals surface area contributed by atoms with Gasteiger partial charge >= 0.3 is 0 Å². The summed E-state index contributed by atoms with van der Waals surface area (Å²) in [5.74, 6) is 0. The van der Waals surface area contributed by atoms with Gasteiger partial charge in [0.2, 0.25) is 0 Å². The summed E-state index contributed by atoms with van der Waals surface area (Å²) >= 11 is 0. The molecular formula is C64H44N2. The van der Waals surface area contributed by atoms with Crippen LogP contribution in [-0.4, -0.2) is 4.57 Å². The maximum atomic E-state index is 2.45. The summed E-state index contributed by atoms with van der Waals surface area (Å²) in [6.45, 7) is 0. The lowest BCUT2D eigenvalue weighted by Crippen LogP contribution is -2.12. The van der Waals surface area contributed by atoms with Crippen LogP contribution in [0.5, 0.6) is 0 Å². The molecule has 1 aromatic heterocycles. The molecule has 0 unspecified atom stereocenters. The van der Waals surface area contributed by atoms with Crippen LogP contribution in [0.2, 0.25) is 0 Å². The Balaban J connectivity index is 1.04. The Morgan fingerprint density at radius 3 is 1.41 bits per heavy atom. The average Bonchev–Trinajstić information content (AvgIpc) is 3.74. The molecule has 0 amide bonds. The quantitative estimate of drug-likeness (QED) is 0.141. The Kier molecular flexibility index (Phi) is 9.89. The number of rotatable bonds is 9. The lowest BCUT2D eigenvalue weighted by molar-refractivity contribution is 1.18. The number of fused-ring (bicyclic) bond motifs is 4. The van der Waals surface area contributed by atoms with Crippen LogP contribution in [0.3, 0.4) is 0 Å². The van der Waals surface area contributed by atoms with E-state index in [-0.39, 0.29) is 0 Å². The van der Waals surface area contributed by atoms with Gasteiger partial charge in [0, 0.05) is 33.2 Å². The fraction of sp³-hybridized carbons (Fsp3) is 0. The van der Waals surface area contributed by atoms with Gasteiger partial charge in [0.15, 0.2) is 0 Å². The molecule has 0 fully saturated rings. The number of benzene rings is 11. The Bertz CT molecular complexity index is 3640. The van der Waals surface area contributed by atoms with Gasteiger partial charge in [-0.3, -0.25) is 0 Å². The number of para-hydroxylation sites is 4. The molecule has 2 nitrogen and oxygen atoms in total. The molecule has 0 radical (unpaired) electrons. The third kappa shape index (κ3) is 6.93. The van der Waals surface area contributed by atoms with E-state index in [1.54, 1.807) is 0 Å². The van der Waals surface area contributed by atoms with Crippen molar-refractivity contribution < 1.29 is 0 Å². The zero-order chi connectivity index (χ0) is 43.8. The number of hydrogen-bond acceptors (Lipinski definition) is 1. The molecule has 1 heterocycles. The minimum Gasteiger partial charge on any atom is -0.309 e. The van der Waals surface area contributed by atoms with Crippen LogP contribution in [0.25, 0.3) is 93.9 Å². The second-order valence-corrected chi connectivity index (χ2v) is 16.9. The summed E-state index contributed by atoms with van der Waals surface area (Å²) in [4.78, 5) is 2.45. The standard InChI is InChI=1S/C64H44N2/c1-3-20-46(21-4-1)55-27-11-15-31-60(55)65(52-40-37-48(38-41-52)53-25-9-10-26-54(53)50-36-35-45-19-7-8-24-49(45)43-50)64-42-39-51(44-59(64)47-22-5-2-6-23-47)56-28-12-16-32-61(56)66-62-33-17-13-29-57(62)58-30-14-18-34-63(58)66/h1-44H. The van der Waals surface area contributed by atoms with Gasteiger partial charge in [-0.2, -0.15) is 0 Å². The van der Waals surface area contributed by atoms with Crippen molar-refractivity contribution in [2.75, 3.05) is 4.90 Å². The average molecular weight is 841 g/mol. The summed E-state index contributed by atoms with van der Waals surface area (Å²) in [6.07, 6.45) is 0. The van der Waals surface area contributed by atoms with Crippen LogP contribution in [-0.2, 0) is 0 Å². The fourth-order valence-electron chi connectivity index (χ4n) is 9.91. The lowest BCUT2D eigenvalue weighted by Gasteiger charge is -2.30. The SMILES string of the molecule is c1ccc(-c2ccccc2N(c2ccc(-c3ccccc3-c3ccc4ccccc4c3)cc2)c2ccc(-c3ccccc3-n3c4ccccc4c4ccccc43)cc2-c2ccccc2)cc1. The normalized spacial score (nSPS) is 11.3. The second-order valence-electron chi connectivity index (χ2n) is 16.9. The molecular weight excluding hydrogens is 797 g/mol. The van der Waals surface area contributed by atoms with Crippen molar-refractivity contribution in [3.63, 3.8) is 0 Å². The van der Waals surface area contributed by atoms with Crippen molar-refractivity contribution in [3.05, 3.63) is 267 Å². The first kappa shape index (κ1) is 38.9. The Labute approximate surface area is 385 Å². The molecule has 0 aliphatic heterocycles. The summed E-state index contributed by atoms with van der Waals surface area (Å²) in [5.41, 5.74) is 18.5. The predicted molar refractivity (Wildman–Crippen MR) is 280 cm³/mol. The van der Waals surface area contributed by atoms with E-state index in [4.69, 9.17) is 0 Å². The van der Waals surface area contributed by atoms with E-state index in [1.165, 1.54) is 60.4 Å². The van der Waals surface area contributed by atoms with Crippen LogP contribution in [0.15, 0.2) is 267 Å². The summed E-state index contributed by atoms with van der Waals surface area (Å²) < 4.78 is 2.43.